The van der Waals surface area contributed by atoms with Crippen LogP contribution in [0.2, 0.25) is 0 Å². The van der Waals surface area contributed by atoms with Gasteiger partial charge >= 0.3 is 0 Å². The van der Waals surface area contributed by atoms with Crippen molar-refractivity contribution in [3.05, 3.63) is 222 Å². The van der Waals surface area contributed by atoms with Crippen molar-refractivity contribution in [2.75, 3.05) is 0 Å². The van der Waals surface area contributed by atoms with Gasteiger partial charge in [-0.3, -0.25) is 0 Å². The molecule has 9 aromatic carbocycles. The summed E-state index contributed by atoms with van der Waals surface area (Å²) >= 11 is 1.85. The largest absolute Gasteiger partial charge is 0.457 e. The minimum absolute atomic E-state index is 0.693. The van der Waals surface area contributed by atoms with Crippen molar-refractivity contribution in [3.63, 3.8) is 0 Å². The number of benzene rings is 9. The van der Waals surface area contributed by atoms with E-state index in [4.69, 9.17) is 9.47 Å². The van der Waals surface area contributed by atoms with Gasteiger partial charge < -0.3 is 14.0 Å². The molecule has 13 rings (SSSR count). The summed E-state index contributed by atoms with van der Waals surface area (Å²) < 4.78 is 18.9. The lowest BCUT2D eigenvalue weighted by molar-refractivity contribution is 0.399. The van der Waals surface area contributed by atoms with E-state index in [0.717, 1.165) is 62.1 Å². The molecule has 2 aliphatic rings. The highest BCUT2D eigenvalue weighted by Gasteiger charge is 2.50. The van der Waals surface area contributed by atoms with Crippen molar-refractivity contribution < 1.29 is 9.47 Å². The second kappa shape index (κ2) is 12.3. The molecule has 3 nitrogen and oxygen atoms in total. The Balaban J connectivity index is 1.05. The van der Waals surface area contributed by atoms with Crippen molar-refractivity contribution in [2.45, 2.75) is 5.41 Å². The molecular formula is C55H33NO2S. The summed E-state index contributed by atoms with van der Waals surface area (Å²) in [7, 11) is 0. The molecule has 0 saturated carbocycles. The highest BCUT2D eigenvalue weighted by molar-refractivity contribution is 7.25. The van der Waals surface area contributed by atoms with Crippen LogP contribution < -0.4 is 9.47 Å². The summed E-state index contributed by atoms with van der Waals surface area (Å²) in [4.78, 5) is 0. The number of aromatic nitrogens is 1. The molecule has 0 fully saturated rings. The van der Waals surface area contributed by atoms with Crippen molar-refractivity contribution in [1.82, 2.24) is 4.57 Å². The fraction of sp³-hybridized carbons (Fsp3) is 0.0182. The second-order valence-electron chi connectivity index (χ2n) is 15.5. The molecule has 11 aromatic rings. The van der Waals surface area contributed by atoms with Gasteiger partial charge in [-0.2, -0.15) is 0 Å². The number of rotatable bonds is 3. The number of para-hydroxylation sites is 4. The first-order valence-corrected chi connectivity index (χ1v) is 20.9. The Morgan fingerprint density at radius 3 is 1.61 bits per heavy atom. The lowest BCUT2D eigenvalue weighted by Gasteiger charge is -2.45. The zero-order valence-corrected chi connectivity index (χ0v) is 32.5. The van der Waals surface area contributed by atoms with Gasteiger partial charge in [-0.1, -0.05) is 140 Å². The molecule has 4 heteroatoms. The Hall–Kier alpha value is -7.40. The minimum Gasteiger partial charge on any atom is -0.457 e. The topological polar surface area (TPSA) is 23.4 Å². The molecule has 2 aliphatic heterocycles. The standard InChI is InChI=1S/C55H33NO2S/c1-2-14-36(15-3-1)56-45-22-8-4-16-39(45)53-37(18-12-23-46(53)56)34-28-30-43-49(32-34)57-47-24-9-6-20-41(47)55(43)42-21-7-10-25-48(42)58-50-33-35(29-31-44(50)55)38-19-13-27-52-54(38)40-17-5-11-26-51(40)59-52/h1-33H. The SMILES string of the molecule is c1ccc(-n2c3ccccc3c3c(-c4ccc5c(c4)Oc4ccccc4C54c5ccccc5Oc5cc(-c6cccc7sc8ccccc8c67)ccc54)cccc32)cc1. The first-order valence-electron chi connectivity index (χ1n) is 20.1. The molecule has 0 N–H and O–H groups in total. The van der Waals surface area contributed by atoms with Crippen LogP contribution in [0.4, 0.5) is 0 Å². The van der Waals surface area contributed by atoms with E-state index in [1.165, 1.54) is 53.1 Å². The van der Waals surface area contributed by atoms with Gasteiger partial charge in [-0.25, -0.2) is 0 Å². The first kappa shape index (κ1) is 32.7. The highest BCUT2D eigenvalue weighted by Crippen LogP contribution is 2.62. The lowest BCUT2D eigenvalue weighted by Crippen LogP contribution is -2.36. The number of hydrogen-bond donors (Lipinski definition) is 0. The summed E-state index contributed by atoms with van der Waals surface area (Å²) in [6.45, 7) is 0. The van der Waals surface area contributed by atoms with Crippen LogP contribution in [0.25, 0.3) is 69.9 Å². The predicted molar refractivity (Wildman–Crippen MR) is 243 cm³/mol. The number of ether oxygens (including phenoxy) is 2. The average molecular weight is 772 g/mol. The van der Waals surface area contributed by atoms with E-state index in [1.807, 2.05) is 11.3 Å². The highest BCUT2D eigenvalue weighted by atomic mass is 32.1. The Morgan fingerprint density at radius 1 is 0.373 bits per heavy atom. The van der Waals surface area contributed by atoms with E-state index in [9.17, 15) is 0 Å². The molecule has 276 valence electrons. The number of fused-ring (bicyclic) bond motifs is 14. The second-order valence-corrected chi connectivity index (χ2v) is 16.6. The van der Waals surface area contributed by atoms with Gasteiger partial charge in [0.25, 0.3) is 0 Å². The van der Waals surface area contributed by atoms with Crippen LogP contribution in [0.3, 0.4) is 0 Å². The molecule has 0 saturated heterocycles. The van der Waals surface area contributed by atoms with Crippen LogP contribution in [0.15, 0.2) is 200 Å². The number of hydrogen-bond acceptors (Lipinski definition) is 3. The fourth-order valence-corrected chi connectivity index (χ4v) is 11.3. The molecule has 0 amide bonds. The van der Waals surface area contributed by atoms with Crippen LogP contribution in [-0.4, -0.2) is 4.57 Å². The summed E-state index contributed by atoms with van der Waals surface area (Å²) in [5.41, 5.74) is 11.8. The maximum absolute atomic E-state index is 7.00. The third-order valence-corrected chi connectivity index (χ3v) is 13.7. The molecule has 1 atom stereocenters. The summed E-state index contributed by atoms with van der Waals surface area (Å²) in [5, 5.41) is 5.01. The Bertz CT molecular complexity index is 3510. The van der Waals surface area contributed by atoms with E-state index in [2.05, 4.69) is 205 Å². The third kappa shape index (κ3) is 4.52. The van der Waals surface area contributed by atoms with E-state index in [0.29, 0.717) is 0 Å². The summed E-state index contributed by atoms with van der Waals surface area (Å²) in [6, 6.07) is 72.1. The molecule has 1 unspecified atom stereocenters. The molecule has 59 heavy (non-hydrogen) atoms. The van der Waals surface area contributed by atoms with Crippen molar-refractivity contribution in [1.29, 1.82) is 0 Å². The Morgan fingerprint density at radius 2 is 0.898 bits per heavy atom. The molecule has 1 spiro atoms. The lowest BCUT2D eigenvalue weighted by atomic mass is 9.62. The molecule has 0 bridgehead atoms. The molecule has 0 radical (unpaired) electrons. The fourth-order valence-electron chi connectivity index (χ4n) is 10.1. The van der Waals surface area contributed by atoms with Crippen LogP contribution in [0.1, 0.15) is 22.3 Å². The average Bonchev–Trinajstić information content (AvgIpc) is 3.85. The quantitative estimate of drug-likeness (QED) is 0.179. The molecule has 0 aliphatic carbocycles. The third-order valence-electron chi connectivity index (χ3n) is 12.5. The van der Waals surface area contributed by atoms with Gasteiger partial charge in [0.15, 0.2) is 0 Å². The van der Waals surface area contributed by atoms with Gasteiger partial charge in [-0.15, -0.1) is 11.3 Å². The Labute approximate surface area is 344 Å². The van der Waals surface area contributed by atoms with Crippen molar-refractivity contribution >= 4 is 53.3 Å². The smallest absolute Gasteiger partial charge is 0.132 e. The number of thiophene rings is 1. The monoisotopic (exact) mass is 771 g/mol. The van der Waals surface area contributed by atoms with Crippen molar-refractivity contribution in [3.8, 4) is 50.9 Å². The summed E-state index contributed by atoms with van der Waals surface area (Å²) in [5.74, 6) is 3.38. The van der Waals surface area contributed by atoms with Crippen LogP contribution >= 0.6 is 11.3 Å². The van der Waals surface area contributed by atoms with E-state index in [-0.39, 0.29) is 0 Å². The van der Waals surface area contributed by atoms with E-state index in [1.54, 1.807) is 0 Å². The van der Waals surface area contributed by atoms with Gasteiger partial charge in [0, 0.05) is 58.9 Å². The maximum atomic E-state index is 7.00. The molecule has 2 aromatic heterocycles. The maximum Gasteiger partial charge on any atom is 0.132 e. The van der Waals surface area contributed by atoms with Gasteiger partial charge in [0.2, 0.25) is 0 Å². The predicted octanol–water partition coefficient (Wildman–Crippen LogP) is 15.1. The normalized spacial score (nSPS) is 15.1. The van der Waals surface area contributed by atoms with Gasteiger partial charge in [0.1, 0.15) is 23.0 Å². The van der Waals surface area contributed by atoms with Crippen LogP contribution in [-0.2, 0) is 5.41 Å². The summed E-state index contributed by atoms with van der Waals surface area (Å²) in [6.07, 6.45) is 0. The first-order chi connectivity index (χ1) is 29.3. The zero-order valence-electron chi connectivity index (χ0n) is 31.7. The van der Waals surface area contributed by atoms with Crippen LogP contribution in [0.5, 0.6) is 23.0 Å². The zero-order chi connectivity index (χ0) is 38.7. The van der Waals surface area contributed by atoms with E-state index >= 15 is 0 Å². The minimum atomic E-state index is -0.693. The molecule has 4 heterocycles. The van der Waals surface area contributed by atoms with Crippen LogP contribution in [0, 0.1) is 0 Å². The molecular weight excluding hydrogens is 739 g/mol. The number of nitrogens with zero attached hydrogens (tertiary/aromatic N) is 1. The van der Waals surface area contributed by atoms with E-state index < -0.39 is 5.41 Å². The Kier molecular flexibility index (Phi) is 6.81. The van der Waals surface area contributed by atoms with Gasteiger partial charge in [-0.05, 0) is 82.9 Å². The van der Waals surface area contributed by atoms with Crippen molar-refractivity contribution in [2.24, 2.45) is 0 Å². The van der Waals surface area contributed by atoms with Gasteiger partial charge in [0.05, 0.1) is 16.4 Å².